The summed E-state index contributed by atoms with van der Waals surface area (Å²) in [6, 6.07) is -0.458. The number of rotatable bonds is 6. The van der Waals surface area contributed by atoms with Crippen molar-refractivity contribution in [2.45, 2.75) is 102 Å². The molecule has 76 heavy (non-hydrogen) atoms. The molecule has 0 fully saturated rings. The predicted molar refractivity (Wildman–Crippen MR) is 222 cm³/mol. The highest BCUT2D eigenvalue weighted by molar-refractivity contribution is 7.20. The molecule has 0 aliphatic heterocycles. The molecular weight excluding hydrogens is 1200 g/mol. The average Bonchev–Trinajstić information content (AvgIpc) is 3.92. The third kappa shape index (κ3) is 14.2. The van der Waals surface area contributed by atoms with E-state index in [1.807, 2.05) is 0 Å². The summed E-state index contributed by atoms with van der Waals surface area (Å²) in [4.78, 5) is 0. The van der Waals surface area contributed by atoms with Crippen molar-refractivity contribution in [1.82, 2.24) is 0 Å². The van der Waals surface area contributed by atoms with Crippen LogP contribution in [0, 0.1) is 7.53 Å². The van der Waals surface area contributed by atoms with E-state index in [0.29, 0.717) is 0 Å². The SMILES string of the molecule is CC(C)(C)c1ccc([I+]c2ccc(C(C)(C)C)o2)o1.FC(F)(F)c1cc([B-](c2cc(C(F)(F)F)cc(C(F)(F)F)c2)(c2cc(C(F)(F)F)cc(C(F)(F)F)c2)c2cc(C(F)(F)F)cc(C(F)(F)F)c2)cc(C(F)(F)F)c1. The van der Waals surface area contributed by atoms with E-state index in [0.717, 1.165) is 19.1 Å². The summed E-state index contributed by atoms with van der Waals surface area (Å²) in [6.07, 6.45) is -54.8. The zero-order valence-electron chi connectivity index (χ0n) is 39.1. The molecule has 28 heteroatoms. The molecule has 2 nitrogen and oxygen atoms in total. The van der Waals surface area contributed by atoms with Crippen molar-refractivity contribution in [3.63, 3.8) is 0 Å². The zero-order valence-corrected chi connectivity index (χ0v) is 41.2. The Balaban J connectivity index is 0.000000468. The second kappa shape index (κ2) is 20.1. The fourth-order valence-corrected chi connectivity index (χ4v) is 9.64. The lowest BCUT2D eigenvalue weighted by Gasteiger charge is -2.46. The fourth-order valence-electron chi connectivity index (χ4n) is 7.70. The van der Waals surface area contributed by atoms with Crippen LogP contribution < -0.4 is 43.1 Å². The van der Waals surface area contributed by atoms with Crippen LogP contribution in [-0.2, 0) is 60.2 Å². The van der Waals surface area contributed by atoms with Gasteiger partial charge in [0.25, 0.3) is 0 Å². The third-order valence-electron chi connectivity index (χ3n) is 11.3. The summed E-state index contributed by atoms with van der Waals surface area (Å²) in [5, 5.41) is 0. The minimum absolute atomic E-state index is 0.0712. The minimum Gasteiger partial charge on any atom is -0.423 e. The maximum absolute atomic E-state index is 14.2. The Labute approximate surface area is 424 Å². The number of furan rings is 2. The molecule has 4 aromatic carbocycles. The monoisotopic (exact) mass is 1240 g/mol. The van der Waals surface area contributed by atoms with Crippen LogP contribution in [0.25, 0.3) is 0 Å². The van der Waals surface area contributed by atoms with Gasteiger partial charge in [-0.25, -0.2) is 0 Å². The maximum atomic E-state index is 14.2. The molecule has 0 aliphatic carbocycles. The van der Waals surface area contributed by atoms with E-state index in [2.05, 4.69) is 65.8 Å². The first-order chi connectivity index (χ1) is 33.9. The molecule has 0 N–H and O–H groups in total. The molecule has 0 aliphatic rings. The van der Waals surface area contributed by atoms with Crippen LogP contribution >= 0.6 is 0 Å². The zero-order chi connectivity index (χ0) is 58.2. The largest absolute Gasteiger partial charge is 0.442 e. The van der Waals surface area contributed by atoms with Gasteiger partial charge in [0.15, 0.2) is 0 Å². The normalized spacial score (nSPS) is 14.0. The Bertz CT molecular complexity index is 2550. The molecule has 0 atom stereocenters. The van der Waals surface area contributed by atoms with Gasteiger partial charge in [-0.3, -0.25) is 0 Å². The summed E-state index contributed by atoms with van der Waals surface area (Å²) >= 11 is -0.360. The smallest absolute Gasteiger partial charge is 0.423 e. The van der Waals surface area contributed by atoms with Crippen LogP contribution in [0.1, 0.15) is 97.6 Å². The van der Waals surface area contributed by atoms with Gasteiger partial charge in [0.05, 0.1) is 44.5 Å². The van der Waals surface area contributed by atoms with Gasteiger partial charge in [-0.15, -0.1) is 0 Å². The van der Waals surface area contributed by atoms with Gasteiger partial charge in [0.2, 0.25) is 0 Å². The molecular formula is C48H34BF24IO2. The van der Waals surface area contributed by atoms with E-state index in [1.54, 1.807) is 0 Å². The van der Waals surface area contributed by atoms with Gasteiger partial charge in [0, 0.05) is 23.0 Å². The Morgan fingerprint density at radius 3 is 0.579 bits per heavy atom. The minimum atomic E-state index is -6.13. The van der Waals surface area contributed by atoms with E-state index < -0.39 is 195 Å². The van der Waals surface area contributed by atoms with E-state index in [-0.39, 0.29) is 32.0 Å². The second-order valence-corrected chi connectivity index (χ2v) is 21.7. The number of alkyl halides is 24. The predicted octanol–water partition coefficient (Wildman–Crippen LogP) is 12.8. The highest BCUT2D eigenvalue weighted by Crippen LogP contribution is 2.41. The van der Waals surface area contributed by atoms with E-state index >= 15 is 0 Å². The maximum Gasteiger partial charge on any atom is 0.442 e. The van der Waals surface area contributed by atoms with Gasteiger partial charge in [-0.2, -0.15) is 127 Å². The van der Waals surface area contributed by atoms with Crippen molar-refractivity contribution in [3.05, 3.63) is 161 Å². The number of halogens is 25. The summed E-state index contributed by atoms with van der Waals surface area (Å²) in [5.41, 5.74) is -30.1. The van der Waals surface area contributed by atoms with E-state index in [9.17, 15) is 105 Å². The van der Waals surface area contributed by atoms with Crippen LogP contribution in [0.15, 0.2) is 106 Å². The van der Waals surface area contributed by atoms with Crippen molar-refractivity contribution >= 4 is 28.0 Å². The van der Waals surface area contributed by atoms with Crippen molar-refractivity contribution in [2.24, 2.45) is 0 Å². The molecule has 0 saturated carbocycles. The van der Waals surface area contributed by atoms with Gasteiger partial charge in [-0.1, -0.05) is 90.1 Å². The highest BCUT2D eigenvalue weighted by atomic mass is 127. The molecule has 416 valence electrons. The summed E-state index contributed by atoms with van der Waals surface area (Å²) in [7, 11) is 0. The summed E-state index contributed by atoms with van der Waals surface area (Å²) in [5.74, 6) is 2.09. The van der Waals surface area contributed by atoms with E-state index in [4.69, 9.17) is 8.83 Å². The first-order valence-corrected chi connectivity index (χ1v) is 23.3. The van der Waals surface area contributed by atoms with Crippen molar-refractivity contribution in [2.75, 3.05) is 0 Å². The van der Waals surface area contributed by atoms with Gasteiger partial charge in [0.1, 0.15) is 17.7 Å². The van der Waals surface area contributed by atoms with Crippen LogP contribution in [0.3, 0.4) is 0 Å². The van der Waals surface area contributed by atoms with Crippen LogP contribution in [-0.4, -0.2) is 6.15 Å². The lowest BCUT2D eigenvalue weighted by Crippen LogP contribution is -3.61. The van der Waals surface area contributed by atoms with Crippen molar-refractivity contribution < 1.29 is 135 Å². The second-order valence-electron chi connectivity index (χ2n) is 19.0. The quantitative estimate of drug-likeness (QED) is 0.0944. The lowest BCUT2D eigenvalue weighted by atomic mass is 9.12. The first-order valence-electron chi connectivity index (χ1n) is 21.1. The van der Waals surface area contributed by atoms with Crippen molar-refractivity contribution in [3.8, 4) is 0 Å². The molecule has 6 rings (SSSR count). The van der Waals surface area contributed by atoms with Gasteiger partial charge in [-0.05, 0) is 36.4 Å². The molecule has 0 bridgehead atoms. The molecule has 2 heterocycles. The molecule has 0 saturated heterocycles. The molecule has 0 unspecified atom stereocenters. The van der Waals surface area contributed by atoms with E-state index in [1.165, 1.54) is 0 Å². The average molecular weight is 1240 g/mol. The number of hydrogen-bond donors (Lipinski definition) is 0. The Morgan fingerprint density at radius 2 is 0.447 bits per heavy atom. The Hall–Kier alpha value is -5.45. The molecule has 0 radical (unpaired) electrons. The molecule has 2 aromatic heterocycles. The number of hydrogen-bond acceptors (Lipinski definition) is 2. The van der Waals surface area contributed by atoms with Crippen molar-refractivity contribution in [1.29, 1.82) is 0 Å². The first kappa shape index (κ1) is 61.4. The lowest BCUT2D eigenvalue weighted by molar-refractivity contribution is -0.636. The number of benzene rings is 4. The Kier molecular flexibility index (Phi) is 16.2. The molecule has 0 spiro atoms. The fraction of sp³-hybridized carbons (Fsp3) is 0.333. The van der Waals surface area contributed by atoms with Crippen LogP contribution in [0.4, 0.5) is 105 Å². The van der Waals surface area contributed by atoms with Gasteiger partial charge >= 0.3 is 78.1 Å². The summed E-state index contributed by atoms with van der Waals surface area (Å²) < 4.78 is 355. The third-order valence-corrected chi connectivity index (χ3v) is 13.5. The highest BCUT2D eigenvalue weighted by Gasteiger charge is 2.47. The topological polar surface area (TPSA) is 26.3 Å². The van der Waals surface area contributed by atoms with Crippen LogP contribution in [0.5, 0.6) is 0 Å². The van der Waals surface area contributed by atoms with Gasteiger partial charge < -0.3 is 8.83 Å². The molecule has 6 aromatic rings. The van der Waals surface area contributed by atoms with Crippen LogP contribution in [0.2, 0.25) is 0 Å². The summed E-state index contributed by atoms with van der Waals surface area (Å²) in [6.45, 7) is 13.0. The molecule has 0 amide bonds. The standard InChI is InChI=1S/C32H12BF24.C16H22IO2/c34-25(35,36)13-1-14(26(37,38)39)6-21(5-13)33(22-7-15(27(40,41)42)2-16(8-22)28(43,44)45,23-9-17(29(46,47)48)3-18(10-23)30(49,50)51)24-11-19(31(52,53)54)4-20(12-24)32(55,56)57;1-15(2,3)11-7-9-13(18-11)17-14-10-8-12(19-14)16(4,5)6/h1-12H;7-10H,1-6H3/q-1;+1. The Morgan fingerprint density at radius 1 is 0.276 bits per heavy atom.